The molecule has 2 heterocycles. The number of halogens is 4. The fourth-order valence-corrected chi connectivity index (χ4v) is 2.65. The van der Waals surface area contributed by atoms with Crippen LogP contribution in [0.1, 0.15) is 27.4 Å². The van der Waals surface area contributed by atoms with Crippen molar-refractivity contribution in [2.75, 3.05) is 5.32 Å². The third-order valence-electron chi connectivity index (χ3n) is 3.59. The maximum atomic E-state index is 13.6. The lowest BCUT2D eigenvalue weighted by Gasteiger charge is -2.10. The molecule has 0 aliphatic carbocycles. The minimum Gasteiger partial charge on any atom is -0.320 e. The average molecular weight is 385 g/mol. The molecule has 5 nitrogen and oxygen atoms in total. The van der Waals surface area contributed by atoms with E-state index in [-0.39, 0.29) is 11.3 Å². The van der Waals surface area contributed by atoms with E-state index >= 15 is 0 Å². The monoisotopic (exact) mass is 384 g/mol. The second-order valence-electron chi connectivity index (χ2n) is 5.45. The van der Waals surface area contributed by atoms with E-state index in [9.17, 15) is 13.6 Å². The zero-order chi connectivity index (χ0) is 18.4. The van der Waals surface area contributed by atoms with E-state index in [2.05, 4.69) is 15.4 Å². The number of anilines is 1. The Bertz CT molecular complexity index is 982. The summed E-state index contributed by atoms with van der Waals surface area (Å²) in [5, 5.41) is 3.42. The number of alkyl halides is 3. The van der Waals surface area contributed by atoms with Crippen molar-refractivity contribution in [3.05, 3.63) is 58.0 Å². The van der Waals surface area contributed by atoms with Gasteiger partial charge in [-0.05, 0) is 49.2 Å². The van der Waals surface area contributed by atoms with E-state index in [4.69, 9.17) is 23.2 Å². The van der Waals surface area contributed by atoms with Crippen LogP contribution >= 0.6 is 23.2 Å². The molecule has 2 aromatic heterocycles. The Morgan fingerprint density at radius 2 is 2.00 bits per heavy atom. The molecule has 0 saturated carbocycles. The molecule has 1 N–H and O–H groups in total. The Balaban J connectivity index is 2.02. The Morgan fingerprint density at radius 3 is 2.68 bits per heavy atom. The standard InChI is InChI=1S/C16H12Cl2F2N4O/c1-8-6-13(16(18,19)20)24-14(21-8)7-12(23-24)15(25)22-11-5-3-4-10(17)9(11)2/h3-7H,1-2H3,(H,22,25). The van der Waals surface area contributed by atoms with Crippen LogP contribution in [0, 0.1) is 13.8 Å². The summed E-state index contributed by atoms with van der Waals surface area (Å²) in [6.45, 7) is 3.30. The lowest BCUT2D eigenvalue weighted by atomic mass is 10.2. The van der Waals surface area contributed by atoms with Gasteiger partial charge in [-0.2, -0.15) is 13.9 Å². The van der Waals surface area contributed by atoms with Crippen LogP contribution in [0.2, 0.25) is 5.02 Å². The highest BCUT2D eigenvalue weighted by Gasteiger charge is 2.32. The summed E-state index contributed by atoms with van der Waals surface area (Å²) in [5.74, 6) is -0.572. The maximum absolute atomic E-state index is 13.6. The first-order valence-corrected chi connectivity index (χ1v) is 7.93. The molecule has 1 aromatic carbocycles. The molecule has 1 amide bonds. The van der Waals surface area contributed by atoms with Crippen LogP contribution in [0.15, 0.2) is 30.3 Å². The molecule has 0 saturated heterocycles. The van der Waals surface area contributed by atoms with Gasteiger partial charge in [-0.1, -0.05) is 17.7 Å². The molecule has 130 valence electrons. The molecular formula is C16H12Cl2F2N4O. The van der Waals surface area contributed by atoms with Gasteiger partial charge in [0.05, 0.1) is 0 Å². The molecule has 0 aliphatic rings. The second-order valence-corrected chi connectivity index (χ2v) is 6.33. The van der Waals surface area contributed by atoms with Crippen molar-refractivity contribution in [3.8, 4) is 0 Å². The number of benzene rings is 1. The van der Waals surface area contributed by atoms with E-state index in [0.717, 1.165) is 10.6 Å². The van der Waals surface area contributed by atoms with Gasteiger partial charge >= 0.3 is 5.38 Å². The summed E-state index contributed by atoms with van der Waals surface area (Å²) < 4.78 is 28.0. The number of carbonyl (C=O) groups is 1. The lowest BCUT2D eigenvalue weighted by Crippen LogP contribution is -2.15. The molecule has 0 bridgehead atoms. The summed E-state index contributed by atoms with van der Waals surface area (Å²) in [7, 11) is 0. The Kier molecular flexibility index (Phi) is 4.38. The van der Waals surface area contributed by atoms with Gasteiger partial charge in [-0.15, -0.1) is 0 Å². The number of hydrogen-bond acceptors (Lipinski definition) is 3. The number of carbonyl (C=O) groups excluding carboxylic acids is 1. The van der Waals surface area contributed by atoms with Crippen LogP contribution in [-0.4, -0.2) is 20.5 Å². The van der Waals surface area contributed by atoms with Gasteiger partial charge in [0.1, 0.15) is 5.69 Å². The predicted molar refractivity (Wildman–Crippen MR) is 91.6 cm³/mol. The van der Waals surface area contributed by atoms with Gasteiger partial charge in [-0.25, -0.2) is 9.50 Å². The van der Waals surface area contributed by atoms with Crippen molar-refractivity contribution in [3.63, 3.8) is 0 Å². The fraction of sp³-hybridized carbons (Fsp3) is 0.188. The highest BCUT2D eigenvalue weighted by molar-refractivity contribution is 6.31. The molecular weight excluding hydrogens is 373 g/mol. The van der Waals surface area contributed by atoms with Crippen molar-refractivity contribution in [2.24, 2.45) is 0 Å². The van der Waals surface area contributed by atoms with Crippen molar-refractivity contribution >= 4 is 40.4 Å². The van der Waals surface area contributed by atoms with Gasteiger partial charge in [0.25, 0.3) is 5.91 Å². The Labute approximate surface area is 151 Å². The number of amides is 1. The molecule has 3 rings (SSSR count). The number of nitrogens with zero attached hydrogens (tertiary/aromatic N) is 3. The Hall–Kier alpha value is -2.25. The van der Waals surface area contributed by atoms with Crippen LogP contribution in [0.4, 0.5) is 14.5 Å². The molecule has 0 aliphatic heterocycles. The van der Waals surface area contributed by atoms with E-state index in [1.54, 1.807) is 32.0 Å². The summed E-state index contributed by atoms with van der Waals surface area (Å²) in [6.07, 6.45) is 0. The third-order valence-corrected chi connectivity index (χ3v) is 4.20. The van der Waals surface area contributed by atoms with Crippen molar-refractivity contribution in [1.82, 2.24) is 14.6 Å². The second kappa shape index (κ2) is 6.24. The fourth-order valence-electron chi connectivity index (χ4n) is 2.34. The average Bonchev–Trinajstić information content (AvgIpc) is 2.93. The highest BCUT2D eigenvalue weighted by atomic mass is 35.5. The molecule has 0 atom stereocenters. The van der Waals surface area contributed by atoms with Crippen molar-refractivity contribution in [1.29, 1.82) is 0 Å². The first-order chi connectivity index (χ1) is 11.7. The van der Waals surface area contributed by atoms with Gasteiger partial charge in [0, 0.05) is 22.5 Å². The van der Waals surface area contributed by atoms with Gasteiger partial charge in [0.15, 0.2) is 11.3 Å². The highest BCUT2D eigenvalue weighted by Crippen LogP contribution is 2.32. The van der Waals surface area contributed by atoms with E-state index < -0.39 is 17.0 Å². The smallest absolute Gasteiger partial charge is 0.320 e. The number of aryl methyl sites for hydroxylation is 1. The summed E-state index contributed by atoms with van der Waals surface area (Å²) in [4.78, 5) is 16.5. The topological polar surface area (TPSA) is 59.3 Å². The molecule has 0 radical (unpaired) electrons. The lowest BCUT2D eigenvalue weighted by molar-refractivity contribution is 0.0868. The summed E-state index contributed by atoms with van der Waals surface area (Å²) >= 11 is 11.1. The predicted octanol–water partition coefficient (Wildman–Crippen LogP) is 4.54. The van der Waals surface area contributed by atoms with Crippen LogP contribution in [0.3, 0.4) is 0 Å². The molecule has 0 unspecified atom stereocenters. The third kappa shape index (κ3) is 3.43. The van der Waals surface area contributed by atoms with E-state index in [0.29, 0.717) is 22.0 Å². The number of hydrogen-bond donors (Lipinski definition) is 1. The minimum absolute atomic E-state index is 0.0698. The van der Waals surface area contributed by atoms with Crippen LogP contribution in [0.5, 0.6) is 0 Å². The number of nitrogens with one attached hydrogen (secondary N) is 1. The van der Waals surface area contributed by atoms with Gasteiger partial charge < -0.3 is 5.32 Å². The SMILES string of the molecule is Cc1cc(C(F)(F)Cl)n2nc(C(=O)Nc3cccc(Cl)c3C)cc2n1. The number of rotatable bonds is 3. The van der Waals surface area contributed by atoms with Gasteiger partial charge in [-0.3, -0.25) is 4.79 Å². The Morgan fingerprint density at radius 1 is 1.28 bits per heavy atom. The number of aromatic nitrogens is 3. The molecule has 25 heavy (non-hydrogen) atoms. The van der Waals surface area contributed by atoms with Crippen molar-refractivity contribution in [2.45, 2.75) is 19.2 Å². The molecule has 9 heteroatoms. The molecule has 0 fully saturated rings. The molecule has 3 aromatic rings. The maximum Gasteiger partial charge on any atom is 0.364 e. The molecule has 0 spiro atoms. The first kappa shape index (κ1) is 17.6. The normalized spacial score (nSPS) is 11.8. The van der Waals surface area contributed by atoms with E-state index in [1.165, 1.54) is 6.07 Å². The largest absolute Gasteiger partial charge is 0.364 e. The van der Waals surface area contributed by atoms with Gasteiger partial charge in [0.2, 0.25) is 0 Å². The zero-order valence-corrected chi connectivity index (χ0v) is 14.7. The van der Waals surface area contributed by atoms with Crippen LogP contribution in [0.25, 0.3) is 5.65 Å². The summed E-state index contributed by atoms with van der Waals surface area (Å²) in [5.41, 5.74) is 0.989. The van der Waals surface area contributed by atoms with Crippen LogP contribution < -0.4 is 5.32 Å². The van der Waals surface area contributed by atoms with E-state index in [1.807, 2.05) is 0 Å². The summed E-state index contributed by atoms with van der Waals surface area (Å²) in [6, 6.07) is 7.49. The minimum atomic E-state index is -3.64. The first-order valence-electron chi connectivity index (χ1n) is 7.18. The quantitative estimate of drug-likeness (QED) is 0.674. The zero-order valence-electron chi connectivity index (χ0n) is 13.1. The van der Waals surface area contributed by atoms with Crippen molar-refractivity contribution < 1.29 is 13.6 Å². The van der Waals surface area contributed by atoms with Crippen LogP contribution in [-0.2, 0) is 5.38 Å². The number of fused-ring (bicyclic) bond motifs is 1.